The monoisotopic (exact) mass is 486 g/mol. The van der Waals surface area contributed by atoms with Crippen LogP contribution in [0.3, 0.4) is 0 Å². The lowest BCUT2D eigenvalue weighted by atomic mass is 10.1. The Labute approximate surface area is 167 Å². The van der Waals surface area contributed by atoms with E-state index in [4.69, 9.17) is 0 Å². The first-order valence-electron chi connectivity index (χ1n) is 8.02. The topological polar surface area (TPSA) is 73.8 Å². The number of sulfonamides is 1. The number of hydrogen-bond acceptors (Lipinski definition) is 3. The average molecular weight is 486 g/mol. The first-order chi connectivity index (χ1) is 11.4. The predicted octanol–water partition coefficient (Wildman–Crippen LogP) is 1.82. The summed E-state index contributed by atoms with van der Waals surface area (Å²) >= 11 is 0. The van der Waals surface area contributed by atoms with E-state index in [1.165, 1.54) is 16.4 Å². The lowest BCUT2D eigenvalue weighted by Crippen LogP contribution is -2.39. The molecule has 0 heterocycles. The summed E-state index contributed by atoms with van der Waals surface area (Å²) in [7, 11) is 0.154. The highest BCUT2D eigenvalue weighted by Crippen LogP contribution is 2.02. The zero-order valence-corrected chi connectivity index (χ0v) is 18.1. The minimum atomic E-state index is -3.12. The van der Waals surface area contributed by atoms with Crippen molar-refractivity contribution in [2.45, 2.75) is 19.8 Å². The molecule has 0 aliphatic carbocycles. The van der Waals surface area contributed by atoms with E-state index in [9.17, 15) is 12.8 Å². The smallest absolute Gasteiger partial charge is 0.213 e. The Morgan fingerprint density at radius 3 is 2.36 bits per heavy atom. The largest absolute Gasteiger partial charge is 0.356 e. The SMILES string of the molecule is CCS(=O)(=O)N(C)CCCNC(=NC)NCCc1ccc(F)cc1.I. The fraction of sp³-hybridized carbons (Fsp3) is 0.562. The summed E-state index contributed by atoms with van der Waals surface area (Å²) in [5, 5.41) is 6.32. The van der Waals surface area contributed by atoms with Crippen molar-refractivity contribution in [2.75, 3.05) is 39.5 Å². The summed E-state index contributed by atoms with van der Waals surface area (Å²) in [5.41, 5.74) is 1.05. The van der Waals surface area contributed by atoms with Crippen LogP contribution in [0.2, 0.25) is 0 Å². The Bertz CT molecular complexity index is 624. The molecule has 0 spiro atoms. The second-order valence-electron chi connectivity index (χ2n) is 5.38. The van der Waals surface area contributed by atoms with Gasteiger partial charge in [-0.25, -0.2) is 17.1 Å². The average Bonchev–Trinajstić information content (AvgIpc) is 2.58. The van der Waals surface area contributed by atoms with Gasteiger partial charge in [0.05, 0.1) is 5.75 Å². The Morgan fingerprint density at radius 2 is 1.80 bits per heavy atom. The molecule has 144 valence electrons. The molecule has 2 N–H and O–H groups in total. The molecule has 0 fully saturated rings. The third-order valence-electron chi connectivity index (χ3n) is 3.62. The highest BCUT2D eigenvalue weighted by molar-refractivity contribution is 14.0. The Hall–Kier alpha value is -0.940. The summed E-state index contributed by atoms with van der Waals surface area (Å²) in [6, 6.07) is 6.42. The summed E-state index contributed by atoms with van der Waals surface area (Å²) < 4.78 is 37.5. The lowest BCUT2D eigenvalue weighted by molar-refractivity contribution is 0.461. The zero-order valence-electron chi connectivity index (χ0n) is 15.0. The number of aliphatic imine (C=N–C) groups is 1. The summed E-state index contributed by atoms with van der Waals surface area (Å²) in [5.74, 6) is 0.543. The van der Waals surface area contributed by atoms with E-state index < -0.39 is 10.0 Å². The molecule has 25 heavy (non-hydrogen) atoms. The standard InChI is InChI=1S/C16H27FN4O2S.HI/c1-4-24(22,23)21(3)13-5-11-19-16(18-2)20-12-10-14-6-8-15(17)9-7-14;/h6-9H,4-5,10-13H2,1-3H3,(H2,18,19,20);1H. The third-order valence-corrected chi connectivity index (χ3v) is 5.49. The van der Waals surface area contributed by atoms with Crippen molar-refractivity contribution in [3.8, 4) is 0 Å². The quantitative estimate of drug-likeness (QED) is 0.242. The van der Waals surface area contributed by atoms with Gasteiger partial charge in [0.25, 0.3) is 0 Å². The number of guanidine groups is 1. The van der Waals surface area contributed by atoms with Gasteiger partial charge in [-0.1, -0.05) is 12.1 Å². The Kier molecular flexibility index (Phi) is 12.0. The third kappa shape index (κ3) is 9.36. The van der Waals surface area contributed by atoms with Gasteiger partial charge in [-0.2, -0.15) is 0 Å². The van der Waals surface area contributed by atoms with Crippen LogP contribution in [0.1, 0.15) is 18.9 Å². The first-order valence-corrected chi connectivity index (χ1v) is 9.63. The highest BCUT2D eigenvalue weighted by Gasteiger charge is 2.13. The Balaban J connectivity index is 0.00000576. The van der Waals surface area contributed by atoms with Crippen LogP contribution in [-0.4, -0.2) is 58.2 Å². The number of benzene rings is 1. The maximum Gasteiger partial charge on any atom is 0.213 e. The summed E-state index contributed by atoms with van der Waals surface area (Å²) in [6.07, 6.45) is 1.45. The number of nitrogens with one attached hydrogen (secondary N) is 2. The van der Waals surface area contributed by atoms with Crippen LogP contribution in [0.15, 0.2) is 29.3 Å². The molecule has 0 aromatic heterocycles. The molecular formula is C16H28FIN4O2S. The number of halogens is 2. The molecule has 0 radical (unpaired) electrons. The molecule has 1 aromatic carbocycles. The summed E-state index contributed by atoms with van der Waals surface area (Å²) in [4.78, 5) is 4.12. The van der Waals surface area contributed by atoms with Crippen LogP contribution in [-0.2, 0) is 16.4 Å². The van der Waals surface area contributed by atoms with Gasteiger partial charge in [0, 0.05) is 33.7 Å². The minimum absolute atomic E-state index is 0. The van der Waals surface area contributed by atoms with Crippen molar-refractivity contribution >= 4 is 40.0 Å². The van der Waals surface area contributed by atoms with Crippen LogP contribution in [0.25, 0.3) is 0 Å². The van der Waals surface area contributed by atoms with Crippen LogP contribution in [0.5, 0.6) is 0 Å². The Morgan fingerprint density at radius 1 is 1.20 bits per heavy atom. The molecule has 0 bridgehead atoms. The number of nitrogens with zero attached hydrogens (tertiary/aromatic N) is 2. The molecule has 0 aliphatic rings. The molecule has 0 atom stereocenters. The van der Waals surface area contributed by atoms with Crippen molar-refractivity contribution in [1.82, 2.24) is 14.9 Å². The molecule has 0 unspecified atom stereocenters. The van der Waals surface area contributed by atoms with E-state index in [0.717, 1.165) is 12.0 Å². The molecule has 6 nitrogen and oxygen atoms in total. The maximum absolute atomic E-state index is 12.8. The minimum Gasteiger partial charge on any atom is -0.356 e. The second kappa shape index (κ2) is 12.4. The predicted molar refractivity (Wildman–Crippen MR) is 112 cm³/mol. The molecular weight excluding hydrogens is 458 g/mol. The van der Waals surface area contributed by atoms with E-state index in [1.54, 1.807) is 33.2 Å². The van der Waals surface area contributed by atoms with Gasteiger partial charge in [0.2, 0.25) is 10.0 Å². The molecule has 1 rings (SSSR count). The fourth-order valence-electron chi connectivity index (χ4n) is 2.06. The van der Waals surface area contributed by atoms with Gasteiger partial charge in [-0.3, -0.25) is 4.99 Å². The first kappa shape index (κ1) is 24.1. The van der Waals surface area contributed by atoms with Crippen molar-refractivity contribution in [2.24, 2.45) is 4.99 Å². The molecule has 0 aliphatic heterocycles. The van der Waals surface area contributed by atoms with E-state index in [-0.39, 0.29) is 35.5 Å². The van der Waals surface area contributed by atoms with Gasteiger partial charge in [-0.15, -0.1) is 24.0 Å². The number of rotatable bonds is 9. The van der Waals surface area contributed by atoms with Crippen LogP contribution >= 0.6 is 24.0 Å². The summed E-state index contributed by atoms with van der Waals surface area (Å²) in [6.45, 7) is 3.40. The van der Waals surface area contributed by atoms with Crippen LogP contribution in [0.4, 0.5) is 4.39 Å². The molecule has 0 saturated heterocycles. The van der Waals surface area contributed by atoms with Gasteiger partial charge in [0.1, 0.15) is 5.82 Å². The second-order valence-corrected chi connectivity index (χ2v) is 7.74. The van der Waals surface area contributed by atoms with Crippen LogP contribution < -0.4 is 10.6 Å². The van der Waals surface area contributed by atoms with E-state index in [2.05, 4.69) is 15.6 Å². The van der Waals surface area contributed by atoms with Crippen LogP contribution in [0, 0.1) is 5.82 Å². The molecule has 9 heteroatoms. The van der Waals surface area contributed by atoms with Gasteiger partial charge < -0.3 is 10.6 Å². The molecule has 0 amide bonds. The van der Waals surface area contributed by atoms with E-state index >= 15 is 0 Å². The van der Waals surface area contributed by atoms with Gasteiger partial charge >= 0.3 is 0 Å². The normalized spacial score (nSPS) is 12.0. The number of hydrogen-bond donors (Lipinski definition) is 2. The van der Waals surface area contributed by atoms with Crippen molar-refractivity contribution in [3.63, 3.8) is 0 Å². The molecule has 0 saturated carbocycles. The highest BCUT2D eigenvalue weighted by atomic mass is 127. The van der Waals surface area contributed by atoms with Gasteiger partial charge in [0.15, 0.2) is 5.96 Å². The maximum atomic E-state index is 12.8. The molecule has 1 aromatic rings. The van der Waals surface area contributed by atoms with Crippen molar-refractivity contribution in [3.05, 3.63) is 35.6 Å². The van der Waals surface area contributed by atoms with Crippen molar-refractivity contribution in [1.29, 1.82) is 0 Å². The van der Waals surface area contributed by atoms with E-state index in [0.29, 0.717) is 32.0 Å². The van der Waals surface area contributed by atoms with E-state index in [1.807, 2.05) is 0 Å². The zero-order chi connectivity index (χ0) is 18.0. The van der Waals surface area contributed by atoms with Gasteiger partial charge in [-0.05, 0) is 37.5 Å². The fourth-order valence-corrected chi connectivity index (χ4v) is 2.91. The van der Waals surface area contributed by atoms with Crippen molar-refractivity contribution < 1.29 is 12.8 Å². The lowest BCUT2D eigenvalue weighted by Gasteiger charge is -2.16.